The number of amides is 2. The van der Waals surface area contributed by atoms with Gasteiger partial charge in [0.05, 0.1) is 24.1 Å². The molecule has 0 unspecified atom stereocenters. The van der Waals surface area contributed by atoms with E-state index in [1.807, 2.05) is 89.8 Å². The molecule has 250 valence electrons. The quantitative estimate of drug-likeness (QED) is 0.169. The molecule has 2 saturated heterocycles. The average molecular weight is 666 g/mol. The zero-order chi connectivity index (χ0) is 34.4. The molecule has 7 atom stereocenters. The first-order valence-electron chi connectivity index (χ1n) is 16.7. The molecule has 2 fully saturated rings. The number of carbonyl (C=O) groups is 3. The number of aliphatic hydroxyl groups excluding tert-OH is 1. The molecule has 5 aromatic rings. The van der Waals surface area contributed by atoms with Crippen LogP contribution in [-0.4, -0.2) is 45.5 Å². The summed E-state index contributed by atoms with van der Waals surface area (Å²) in [5.41, 5.74) is 2.38. The van der Waals surface area contributed by atoms with E-state index in [0.29, 0.717) is 22.4 Å². The molecule has 3 aliphatic rings. The van der Waals surface area contributed by atoms with Gasteiger partial charge in [-0.1, -0.05) is 121 Å². The molecule has 3 heterocycles. The second-order valence-corrected chi connectivity index (χ2v) is 13.0. The number of fused-ring (bicyclic) bond motifs is 3. The lowest BCUT2D eigenvalue weighted by molar-refractivity contribution is -0.178. The smallest absolute Gasteiger partial charge is 0.324 e. The van der Waals surface area contributed by atoms with Crippen molar-refractivity contribution in [3.05, 3.63) is 167 Å². The minimum atomic E-state index is -1.61. The predicted octanol–water partition coefficient (Wildman–Crippen LogP) is 5.51. The van der Waals surface area contributed by atoms with Crippen molar-refractivity contribution < 1.29 is 29.3 Å². The summed E-state index contributed by atoms with van der Waals surface area (Å²) in [6, 6.07) is 39.3. The molecule has 3 aliphatic heterocycles. The third kappa shape index (κ3) is 4.97. The number of hydrogen-bond donors (Lipinski definition) is 4. The Labute approximate surface area is 289 Å². The van der Waals surface area contributed by atoms with Crippen LogP contribution in [0, 0.1) is 5.92 Å². The van der Waals surface area contributed by atoms with Crippen molar-refractivity contribution in [2.45, 2.75) is 35.7 Å². The molecule has 0 aliphatic carbocycles. The molecule has 9 heteroatoms. The largest absolute Gasteiger partial charge is 0.508 e. The molecular weight excluding hydrogens is 630 g/mol. The van der Waals surface area contributed by atoms with Crippen molar-refractivity contribution >= 4 is 23.5 Å². The standard InChI is InChI=1S/C41H35N3O6/c45-29-22-20-28(21-23-29)37-41(30-18-10-11-19-31(30)43-40(41)49)33(38(47)42-24-32(46)25-12-4-1-5-13-25)35-39(48)50-36(27-16-8-3-9-17-27)34(44(35)37)26-14-6-2-7-15-26/h1-23,32-37,45-46H,24H2,(H,42,47)(H,43,49)/t32-,33+,34+,35+,36-,37-,41+/m0/s1. The number of phenols is 1. The zero-order valence-electron chi connectivity index (χ0n) is 26.9. The highest BCUT2D eigenvalue weighted by Gasteiger charge is 2.73. The lowest BCUT2D eigenvalue weighted by Crippen LogP contribution is -2.55. The van der Waals surface area contributed by atoms with Crippen molar-refractivity contribution in [1.82, 2.24) is 10.2 Å². The fourth-order valence-electron chi connectivity index (χ4n) is 8.31. The van der Waals surface area contributed by atoms with Crippen molar-refractivity contribution in [2.24, 2.45) is 5.92 Å². The zero-order valence-corrected chi connectivity index (χ0v) is 26.9. The van der Waals surface area contributed by atoms with E-state index >= 15 is 0 Å². The topological polar surface area (TPSA) is 128 Å². The second-order valence-electron chi connectivity index (χ2n) is 13.0. The maximum atomic E-state index is 14.9. The Bertz CT molecular complexity index is 2040. The SMILES string of the molecule is O=C1O[C@@H](c2ccccc2)[C@@H](c2ccccc2)N2[C@@H](c3ccc(O)cc3)[C@]3(C(=O)Nc4ccccc43)[C@@H](C(=O)NC[C@H](O)c3ccccc3)[C@H]12. The number of benzene rings is 5. The van der Waals surface area contributed by atoms with E-state index in [1.54, 1.807) is 54.6 Å². The lowest BCUT2D eigenvalue weighted by atomic mass is 9.65. The van der Waals surface area contributed by atoms with Crippen LogP contribution in [0.1, 0.15) is 52.1 Å². The van der Waals surface area contributed by atoms with E-state index in [0.717, 1.165) is 11.1 Å². The summed E-state index contributed by atoms with van der Waals surface area (Å²) < 4.78 is 6.38. The minimum absolute atomic E-state index is 0.0395. The molecule has 5 aromatic carbocycles. The van der Waals surface area contributed by atoms with Crippen LogP contribution >= 0.6 is 0 Å². The summed E-state index contributed by atoms with van der Waals surface area (Å²) >= 11 is 0. The third-order valence-corrected chi connectivity index (χ3v) is 10.4. The van der Waals surface area contributed by atoms with Gasteiger partial charge in [-0.25, -0.2) is 0 Å². The van der Waals surface area contributed by atoms with Crippen LogP contribution < -0.4 is 10.6 Å². The molecular formula is C41H35N3O6. The summed E-state index contributed by atoms with van der Waals surface area (Å²) in [6.07, 6.45) is -1.80. The summed E-state index contributed by atoms with van der Waals surface area (Å²) in [6.45, 7) is -0.140. The Hall–Kier alpha value is -5.77. The number of aromatic hydroxyl groups is 1. The summed E-state index contributed by atoms with van der Waals surface area (Å²) in [4.78, 5) is 46.3. The summed E-state index contributed by atoms with van der Waals surface area (Å²) in [5.74, 6) is -2.86. The Balaban J connectivity index is 1.36. The van der Waals surface area contributed by atoms with E-state index in [1.165, 1.54) is 0 Å². The number of nitrogens with zero attached hydrogens (tertiary/aromatic N) is 1. The molecule has 8 rings (SSSR count). The number of esters is 1. The van der Waals surface area contributed by atoms with Gasteiger partial charge in [-0.3, -0.25) is 19.3 Å². The molecule has 0 bridgehead atoms. The maximum absolute atomic E-state index is 14.9. The van der Waals surface area contributed by atoms with Gasteiger partial charge < -0.3 is 25.6 Å². The highest BCUT2D eigenvalue weighted by molar-refractivity contribution is 6.12. The van der Waals surface area contributed by atoms with Gasteiger partial charge in [-0.2, -0.15) is 0 Å². The first-order valence-corrected chi connectivity index (χ1v) is 16.7. The first kappa shape index (κ1) is 31.5. The number of morpholine rings is 1. The van der Waals surface area contributed by atoms with Crippen molar-refractivity contribution in [3.63, 3.8) is 0 Å². The van der Waals surface area contributed by atoms with Gasteiger partial charge in [0.15, 0.2) is 0 Å². The number of phenolic OH excluding ortho intramolecular Hbond substituents is 1. The van der Waals surface area contributed by atoms with Gasteiger partial charge in [0, 0.05) is 12.2 Å². The normalized spacial score (nSPS) is 26.1. The Kier molecular flexibility index (Phi) is 7.94. The van der Waals surface area contributed by atoms with Crippen LogP contribution in [-0.2, 0) is 24.5 Å². The molecule has 0 aromatic heterocycles. The predicted molar refractivity (Wildman–Crippen MR) is 186 cm³/mol. The Morgan fingerprint density at radius 2 is 1.36 bits per heavy atom. The van der Waals surface area contributed by atoms with E-state index in [2.05, 4.69) is 10.6 Å². The van der Waals surface area contributed by atoms with E-state index in [-0.39, 0.29) is 12.3 Å². The number of carbonyl (C=O) groups excluding carboxylic acids is 3. The van der Waals surface area contributed by atoms with Gasteiger partial charge in [-0.15, -0.1) is 0 Å². The Morgan fingerprint density at radius 1 is 0.760 bits per heavy atom. The van der Waals surface area contributed by atoms with Crippen LogP contribution in [0.3, 0.4) is 0 Å². The number of ether oxygens (including phenoxy) is 1. The van der Waals surface area contributed by atoms with Crippen LogP contribution in [0.15, 0.2) is 140 Å². The maximum Gasteiger partial charge on any atom is 0.324 e. The van der Waals surface area contributed by atoms with Crippen molar-refractivity contribution in [2.75, 3.05) is 11.9 Å². The molecule has 9 nitrogen and oxygen atoms in total. The van der Waals surface area contributed by atoms with Crippen LogP contribution in [0.4, 0.5) is 5.69 Å². The molecule has 0 radical (unpaired) electrons. The van der Waals surface area contributed by atoms with Crippen molar-refractivity contribution in [1.29, 1.82) is 0 Å². The monoisotopic (exact) mass is 665 g/mol. The van der Waals surface area contributed by atoms with E-state index in [9.17, 15) is 24.6 Å². The van der Waals surface area contributed by atoms with E-state index in [4.69, 9.17) is 4.74 Å². The number of hydrogen-bond acceptors (Lipinski definition) is 7. The van der Waals surface area contributed by atoms with Crippen LogP contribution in [0.2, 0.25) is 0 Å². The second kappa shape index (κ2) is 12.6. The minimum Gasteiger partial charge on any atom is -0.508 e. The number of cyclic esters (lactones) is 1. The molecule has 4 N–H and O–H groups in total. The van der Waals surface area contributed by atoms with Gasteiger partial charge in [-0.05, 0) is 46.0 Å². The van der Waals surface area contributed by atoms with Gasteiger partial charge in [0.2, 0.25) is 11.8 Å². The number of nitrogens with one attached hydrogen (secondary N) is 2. The lowest BCUT2D eigenvalue weighted by Gasteiger charge is -2.46. The highest BCUT2D eigenvalue weighted by atomic mass is 16.6. The van der Waals surface area contributed by atoms with Gasteiger partial charge in [0.25, 0.3) is 0 Å². The molecule has 0 saturated carbocycles. The third-order valence-electron chi connectivity index (χ3n) is 10.4. The fourth-order valence-corrected chi connectivity index (χ4v) is 8.31. The highest BCUT2D eigenvalue weighted by Crippen LogP contribution is 2.64. The first-order chi connectivity index (χ1) is 24.4. The number of aliphatic hydroxyl groups is 1. The molecule has 2 amide bonds. The van der Waals surface area contributed by atoms with E-state index < -0.39 is 59.5 Å². The summed E-state index contributed by atoms with van der Waals surface area (Å²) in [5, 5.41) is 27.4. The number of anilines is 1. The number of rotatable bonds is 7. The Morgan fingerprint density at radius 3 is 2.04 bits per heavy atom. The number of para-hydroxylation sites is 1. The fraction of sp³-hybridized carbons (Fsp3) is 0.195. The van der Waals surface area contributed by atoms with Crippen molar-refractivity contribution in [3.8, 4) is 5.75 Å². The molecule has 1 spiro atoms. The van der Waals surface area contributed by atoms with Crippen LogP contribution in [0.5, 0.6) is 5.75 Å². The molecule has 50 heavy (non-hydrogen) atoms. The summed E-state index contributed by atoms with van der Waals surface area (Å²) in [7, 11) is 0. The average Bonchev–Trinajstić information content (AvgIpc) is 3.64. The van der Waals surface area contributed by atoms with Gasteiger partial charge in [0.1, 0.15) is 23.3 Å². The van der Waals surface area contributed by atoms with Gasteiger partial charge >= 0.3 is 5.97 Å². The van der Waals surface area contributed by atoms with Crippen LogP contribution in [0.25, 0.3) is 0 Å².